The van der Waals surface area contributed by atoms with E-state index in [1.807, 2.05) is 25.1 Å². The average Bonchev–Trinajstić information content (AvgIpc) is 2.48. The van der Waals surface area contributed by atoms with Crippen LogP contribution in [-0.4, -0.2) is 7.11 Å². The number of hydrogen-bond donors (Lipinski definition) is 0. The highest BCUT2D eigenvalue weighted by atomic mass is 35.5. The molecular weight excluding hydrogens is 274 g/mol. The molecule has 0 bridgehead atoms. The van der Waals surface area contributed by atoms with Crippen LogP contribution < -0.4 is 9.47 Å². The number of benzene rings is 2. The van der Waals surface area contributed by atoms with E-state index in [0.717, 1.165) is 11.1 Å². The lowest BCUT2D eigenvalue weighted by Gasteiger charge is -2.12. The fraction of sp³-hybridized carbons (Fsp3) is 0.188. The van der Waals surface area contributed by atoms with E-state index < -0.39 is 0 Å². The molecule has 102 valence electrons. The largest absolute Gasteiger partial charge is 0.493 e. The maximum atomic E-state index is 8.87. The predicted molar refractivity (Wildman–Crippen MR) is 78.5 cm³/mol. The fourth-order valence-corrected chi connectivity index (χ4v) is 2.13. The highest BCUT2D eigenvalue weighted by Crippen LogP contribution is 2.33. The highest BCUT2D eigenvalue weighted by molar-refractivity contribution is 6.17. The highest BCUT2D eigenvalue weighted by Gasteiger charge is 2.08. The minimum Gasteiger partial charge on any atom is -0.493 e. The van der Waals surface area contributed by atoms with Crippen LogP contribution in [0.1, 0.15) is 16.7 Å². The summed E-state index contributed by atoms with van der Waals surface area (Å²) >= 11 is 5.83. The van der Waals surface area contributed by atoms with Gasteiger partial charge in [0.1, 0.15) is 5.75 Å². The molecule has 0 fully saturated rings. The summed E-state index contributed by atoms with van der Waals surface area (Å²) in [6, 6.07) is 12.9. The van der Waals surface area contributed by atoms with Crippen molar-refractivity contribution in [2.45, 2.75) is 12.8 Å². The van der Waals surface area contributed by atoms with Crippen LogP contribution in [0.2, 0.25) is 0 Å². The summed E-state index contributed by atoms with van der Waals surface area (Å²) < 4.78 is 11.0. The number of halogens is 1. The molecule has 0 heterocycles. The van der Waals surface area contributed by atoms with Gasteiger partial charge in [-0.1, -0.05) is 6.07 Å². The van der Waals surface area contributed by atoms with Gasteiger partial charge in [-0.2, -0.15) is 5.26 Å². The summed E-state index contributed by atoms with van der Waals surface area (Å²) in [7, 11) is 1.55. The summed E-state index contributed by atoms with van der Waals surface area (Å²) in [5, 5.41) is 8.87. The van der Waals surface area contributed by atoms with E-state index in [4.69, 9.17) is 26.3 Å². The van der Waals surface area contributed by atoms with E-state index in [1.165, 1.54) is 0 Å². The minimum absolute atomic E-state index is 0.478. The van der Waals surface area contributed by atoms with E-state index in [-0.39, 0.29) is 0 Å². The molecule has 0 saturated carbocycles. The van der Waals surface area contributed by atoms with Crippen molar-refractivity contribution in [2.75, 3.05) is 7.11 Å². The Morgan fingerprint density at radius 1 is 1.15 bits per heavy atom. The number of nitriles is 1. The monoisotopic (exact) mass is 287 g/mol. The zero-order chi connectivity index (χ0) is 14.5. The molecule has 0 unspecified atom stereocenters. The smallest absolute Gasteiger partial charge is 0.169 e. The maximum Gasteiger partial charge on any atom is 0.169 e. The Labute approximate surface area is 123 Å². The standard InChI is InChI=1S/C16H14ClNO2/c1-11-7-14(5-4-13(11)9-17)20-15-6-3-12(10-18)8-16(15)19-2/h3-8H,9H2,1-2H3. The summed E-state index contributed by atoms with van der Waals surface area (Å²) in [5.41, 5.74) is 2.68. The third kappa shape index (κ3) is 3.04. The van der Waals surface area contributed by atoms with Crippen molar-refractivity contribution in [1.29, 1.82) is 5.26 Å². The van der Waals surface area contributed by atoms with Crippen molar-refractivity contribution < 1.29 is 9.47 Å². The van der Waals surface area contributed by atoms with Crippen LogP contribution in [-0.2, 0) is 5.88 Å². The van der Waals surface area contributed by atoms with E-state index in [1.54, 1.807) is 25.3 Å². The number of ether oxygens (including phenoxy) is 2. The normalized spacial score (nSPS) is 9.90. The average molecular weight is 288 g/mol. The van der Waals surface area contributed by atoms with Crippen LogP contribution >= 0.6 is 11.6 Å². The van der Waals surface area contributed by atoms with Crippen LogP contribution in [0.5, 0.6) is 17.2 Å². The van der Waals surface area contributed by atoms with Gasteiger partial charge in [0.25, 0.3) is 0 Å². The number of rotatable bonds is 4. The van der Waals surface area contributed by atoms with Crippen LogP contribution in [0.25, 0.3) is 0 Å². The summed E-state index contributed by atoms with van der Waals surface area (Å²) in [4.78, 5) is 0. The lowest BCUT2D eigenvalue weighted by Crippen LogP contribution is -1.92. The second kappa shape index (κ2) is 6.31. The first kappa shape index (κ1) is 14.2. The molecule has 0 aliphatic heterocycles. The van der Waals surface area contributed by atoms with Crippen LogP contribution in [0.15, 0.2) is 36.4 Å². The van der Waals surface area contributed by atoms with Gasteiger partial charge in [0, 0.05) is 11.9 Å². The van der Waals surface area contributed by atoms with E-state index in [0.29, 0.717) is 28.7 Å². The predicted octanol–water partition coefficient (Wildman–Crippen LogP) is 4.41. The molecule has 2 aromatic rings. The zero-order valence-corrected chi connectivity index (χ0v) is 12.1. The Balaban J connectivity index is 2.30. The molecule has 0 aliphatic carbocycles. The van der Waals surface area contributed by atoms with Gasteiger partial charge in [-0.15, -0.1) is 11.6 Å². The second-order valence-electron chi connectivity index (χ2n) is 4.30. The molecule has 2 rings (SSSR count). The molecule has 0 N–H and O–H groups in total. The van der Waals surface area contributed by atoms with Gasteiger partial charge in [0.2, 0.25) is 0 Å². The molecule has 3 nitrogen and oxygen atoms in total. The molecule has 4 heteroatoms. The number of nitrogens with zero attached hydrogens (tertiary/aromatic N) is 1. The number of alkyl halides is 1. The Bertz CT molecular complexity index is 662. The first-order valence-corrected chi connectivity index (χ1v) is 6.63. The fourth-order valence-electron chi connectivity index (χ4n) is 1.83. The lowest BCUT2D eigenvalue weighted by molar-refractivity contribution is 0.378. The SMILES string of the molecule is COc1cc(C#N)ccc1Oc1ccc(CCl)c(C)c1. The molecule has 20 heavy (non-hydrogen) atoms. The van der Waals surface area contributed by atoms with Gasteiger partial charge < -0.3 is 9.47 Å². The summed E-state index contributed by atoms with van der Waals surface area (Å²) in [6.45, 7) is 1.99. The van der Waals surface area contributed by atoms with Crippen LogP contribution in [0.3, 0.4) is 0 Å². The van der Waals surface area contributed by atoms with Crippen molar-refractivity contribution in [1.82, 2.24) is 0 Å². The molecule has 0 radical (unpaired) electrons. The van der Waals surface area contributed by atoms with Gasteiger partial charge in [-0.05, 0) is 42.3 Å². The van der Waals surface area contributed by atoms with Gasteiger partial charge in [0.05, 0.1) is 18.7 Å². The first-order valence-electron chi connectivity index (χ1n) is 6.09. The number of aryl methyl sites for hydroxylation is 1. The molecule has 0 atom stereocenters. The van der Waals surface area contributed by atoms with Gasteiger partial charge in [-0.3, -0.25) is 0 Å². The maximum absolute atomic E-state index is 8.87. The summed E-state index contributed by atoms with van der Waals surface area (Å²) in [6.07, 6.45) is 0. The van der Waals surface area contributed by atoms with Crippen molar-refractivity contribution in [3.8, 4) is 23.3 Å². The Morgan fingerprint density at radius 2 is 1.95 bits per heavy atom. The molecule has 0 spiro atoms. The minimum atomic E-state index is 0.478. The third-order valence-corrected chi connectivity index (χ3v) is 3.27. The first-order chi connectivity index (χ1) is 9.67. The third-order valence-electron chi connectivity index (χ3n) is 2.98. The van der Waals surface area contributed by atoms with Gasteiger partial charge in [0.15, 0.2) is 11.5 Å². The van der Waals surface area contributed by atoms with E-state index in [2.05, 4.69) is 6.07 Å². The number of methoxy groups -OCH3 is 1. The Kier molecular flexibility index (Phi) is 4.49. The van der Waals surface area contributed by atoms with Crippen LogP contribution in [0, 0.1) is 18.3 Å². The zero-order valence-electron chi connectivity index (χ0n) is 11.3. The molecule has 2 aromatic carbocycles. The molecule has 0 saturated heterocycles. The number of hydrogen-bond acceptors (Lipinski definition) is 3. The van der Waals surface area contributed by atoms with E-state index >= 15 is 0 Å². The molecule has 0 aromatic heterocycles. The summed E-state index contributed by atoms with van der Waals surface area (Å²) in [5.74, 6) is 2.29. The molecular formula is C16H14ClNO2. The van der Waals surface area contributed by atoms with Gasteiger partial charge >= 0.3 is 0 Å². The van der Waals surface area contributed by atoms with Crippen molar-refractivity contribution >= 4 is 11.6 Å². The Morgan fingerprint density at radius 3 is 2.55 bits per heavy atom. The second-order valence-corrected chi connectivity index (χ2v) is 4.57. The molecule has 0 amide bonds. The lowest BCUT2D eigenvalue weighted by atomic mass is 10.1. The topological polar surface area (TPSA) is 42.2 Å². The van der Waals surface area contributed by atoms with Gasteiger partial charge in [-0.25, -0.2) is 0 Å². The van der Waals surface area contributed by atoms with E-state index in [9.17, 15) is 0 Å². The van der Waals surface area contributed by atoms with Crippen molar-refractivity contribution in [2.24, 2.45) is 0 Å². The quantitative estimate of drug-likeness (QED) is 0.782. The van der Waals surface area contributed by atoms with Crippen molar-refractivity contribution in [3.63, 3.8) is 0 Å². The Hall–Kier alpha value is -2.18. The van der Waals surface area contributed by atoms with Crippen LogP contribution in [0.4, 0.5) is 0 Å². The van der Waals surface area contributed by atoms with Crippen molar-refractivity contribution in [3.05, 3.63) is 53.1 Å². The molecule has 0 aliphatic rings.